The molecule has 0 radical (unpaired) electrons. The second-order valence-electron chi connectivity index (χ2n) is 6.35. The molecule has 2 aromatic rings. The summed E-state index contributed by atoms with van der Waals surface area (Å²) in [6, 6.07) is 11.2. The second-order valence-corrected chi connectivity index (χ2v) is 7.15. The lowest BCUT2D eigenvalue weighted by Crippen LogP contribution is -2.52. The number of non-ortho nitro benzene ring substituents is 1. The average molecular weight is 435 g/mol. The van der Waals surface area contributed by atoms with Gasteiger partial charge in [-0.05, 0) is 42.5 Å². The average Bonchev–Trinajstić information content (AvgIpc) is 2.73. The molecule has 8 nitrogen and oxygen atoms in total. The van der Waals surface area contributed by atoms with E-state index in [0.29, 0.717) is 47.6 Å². The lowest BCUT2D eigenvalue weighted by Gasteiger charge is -2.37. The molecule has 0 aromatic heterocycles. The van der Waals surface area contributed by atoms with Crippen molar-refractivity contribution in [1.82, 2.24) is 10.2 Å². The monoisotopic (exact) mass is 434 g/mol. The van der Waals surface area contributed by atoms with Gasteiger partial charge in [0.15, 0.2) is 5.11 Å². The molecule has 1 amide bonds. The first-order chi connectivity index (χ1) is 13.9. The number of carbonyl (C=O) groups is 1. The number of benzene rings is 2. The number of nitrogens with zero attached hydrogens (tertiary/aromatic N) is 3. The number of ether oxygens (including phenoxy) is 1. The summed E-state index contributed by atoms with van der Waals surface area (Å²) in [4.78, 5) is 26.7. The summed E-state index contributed by atoms with van der Waals surface area (Å²) in [7, 11) is 1.56. The van der Waals surface area contributed by atoms with Crippen molar-refractivity contribution in [1.29, 1.82) is 0 Å². The summed E-state index contributed by atoms with van der Waals surface area (Å²) in [6.07, 6.45) is 0. The number of anilines is 1. The number of halogens is 1. The molecule has 0 atom stereocenters. The smallest absolute Gasteiger partial charge is 0.271 e. The molecule has 152 valence electrons. The van der Waals surface area contributed by atoms with E-state index >= 15 is 0 Å². The summed E-state index contributed by atoms with van der Waals surface area (Å²) in [5.41, 5.74) is 1.19. The molecule has 1 saturated heterocycles. The normalized spacial score (nSPS) is 13.7. The van der Waals surface area contributed by atoms with E-state index in [4.69, 9.17) is 28.6 Å². The minimum atomic E-state index is -0.475. The first-order valence-corrected chi connectivity index (χ1v) is 9.61. The Labute approximate surface area is 178 Å². The molecular weight excluding hydrogens is 416 g/mol. The number of amides is 1. The Kier molecular flexibility index (Phi) is 6.50. The molecule has 0 unspecified atom stereocenters. The van der Waals surface area contributed by atoms with Crippen LogP contribution in [0.1, 0.15) is 10.4 Å². The number of hydrogen-bond acceptors (Lipinski definition) is 6. The Bertz CT molecular complexity index is 930. The summed E-state index contributed by atoms with van der Waals surface area (Å²) in [5, 5.41) is 14.3. The molecule has 0 aliphatic carbocycles. The largest absolute Gasteiger partial charge is 0.497 e. The highest BCUT2D eigenvalue weighted by molar-refractivity contribution is 7.80. The van der Waals surface area contributed by atoms with Crippen LogP contribution in [0.2, 0.25) is 5.02 Å². The SMILES string of the molecule is COc1ccc(C(=O)NC(=S)N2CCN(c3ccc([N+](=O)[O-])cc3Cl)CC2)cc1. The Morgan fingerprint density at radius 2 is 1.83 bits per heavy atom. The molecular formula is C19H19ClN4O4S. The lowest BCUT2D eigenvalue weighted by atomic mass is 10.2. The maximum Gasteiger partial charge on any atom is 0.271 e. The van der Waals surface area contributed by atoms with Gasteiger partial charge in [-0.25, -0.2) is 0 Å². The standard InChI is InChI=1S/C19H19ClN4O4S/c1-28-15-5-2-13(3-6-15)18(25)21-19(29)23-10-8-22(9-11-23)17-7-4-14(24(26)27)12-16(17)20/h2-7,12H,8-11H2,1H3,(H,21,25,29). The molecule has 1 N–H and O–H groups in total. The van der Waals surface area contributed by atoms with Crippen LogP contribution in [0.15, 0.2) is 42.5 Å². The minimum absolute atomic E-state index is 0.0418. The van der Waals surface area contributed by atoms with Crippen molar-refractivity contribution in [3.05, 3.63) is 63.2 Å². The van der Waals surface area contributed by atoms with E-state index in [1.165, 1.54) is 12.1 Å². The number of piperazine rings is 1. The van der Waals surface area contributed by atoms with Crippen molar-refractivity contribution in [2.75, 3.05) is 38.2 Å². The predicted octanol–water partition coefficient (Wildman–Crippen LogP) is 3.09. The molecule has 0 spiro atoms. The highest BCUT2D eigenvalue weighted by Gasteiger charge is 2.23. The van der Waals surface area contributed by atoms with Crippen LogP contribution in [-0.4, -0.2) is 54.1 Å². The van der Waals surface area contributed by atoms with Crippen molar-refractivity contribution in [3.8, 4) is 5.75 Å². The zero-order valence-corrected chi connectivity index (χ0v) is 17.2. The Morgan fingerprint density at radius 1 is 1.17 bits per heavy atom. The molecule has 2 aromatic carbocycles. The highest BCUT2D eigenvalue weighted by atomic mass is 35.5. The maximum absolute atomic E-state index is 12.4. The fourth-order valence-electron chi connectivity index (χ4n) is 3.01. The van der Waals surface area contributed by atoms with Gasteiger partial charge in [-0.1, -0.05) is 11.6 Å². The number of carbonyl (C=O) groups excluding carboxylic acids is 1. The summed E-state index contributed by atoms with van der Waals surface area (Å²) in [5.74, 6) is 0.392. The zero-order chi connectivity index (χ0) is 21.0. The van der Waals surface area contributed by atoms with Gasteiger partial charge in [0.05, 0.1) is 22.7 Å². The van der Waals surface area contributed by atoms with E-state index in [2.05, 4.69) is 5.32 Å². The van der Waals surface area contributed by atoms with Gasteiger partial charge in [-0.3, -0.25) is 20.2 Å². The van der Waals surface area contributed by atoms with E-state index in [1.807, 2.05) is 9.80 Å². The van der Waals surface area contributed by atoms with Crippen LogP contribution >= 0.6 is 23.8 Å². The van der Waals surface area contributed by atoms with E-state index in [0.717, 1.165) is 5.69 Å². The highest BCUT2D eigenvalue weighted by Crippen LogP contribution is 2.30. The number of rotatable bonds is 4. The number of thiocarbonyl (C=S) groups is 1. The van der Waals surface area contributed by atoms with E-state index in [9.17, 15) is 14.9 Å². The predicted molar refractivity (Wildman–Crippen MR) is 115 cm³/mol. The lowest BCUT2D eigenvalue weighted by molar-refractivity contribution is -0.384. The van der Waals surface area contributed by atoms with Crippen molar-refractivity contribution in [2.45, 2.75) is 0 Å². The molecule has 1 heterocycles. The minimum Gasteiger partial charge on any atom is -0.497 e. The molecule has 1 aliphatic heterocycles. The van der Waals surface area contributed by atoms with Crippen LogP contribution in [0, 0.1) is 10.1 Å². The van der Waals surface area contributed by atoms with Crippen LogP contribution in [0.25, 0.3) is 0 Å². The third-order valence-corrected chi connectivity index (χ3v) is 5.29. The maximum atomic E-state index is 12.4. The summed E-state index contributed by atoms with van der Waals surface area (Å²) in [6.45, 7) is 2.43. The number of nitro benzene ring substituents is 1. The van der Waals surface area contributed by atoms with Crippen molar-refractivity contribution >= 4 is 46.2 Å². The number of hydrogen-bond donors (Lipinski definition) is 1. The van der Waals surface area contributed by atoms with Gasteiger partial charge in [0, 0.05) is 43.9 Å². The zero-order valence-electron chi connectivity index (χ0n) is 15.6. The molecule has 1 aliphatic rings. The first kappa shape index (κ1) is 20.8. The van der Waals surface area contributed by atoms with Gasteiger partial charge in [0.1, 0.15) is 5.75 Å². The topological polar surface area (TPSA) is 88.0 Å². The summed E-state index contributed by atoms with van der Waals surface area (Å²) < 4.78 is 5.09. The second kappa shape index (κ2) is 9.06. The number of methoxy groups -OCH3 is 1. The Balaban J connectivity index is 1.56. The fourth-order valence-corrected chi connectivity index (χ4v) is 3.58. The van der Waals surface area contributed by atoms with E-state index < -0.39 is 4.92 Å². The molecule has 0 bridgehead atoms. The van der Waals surface area contributed by atoms with Gasteiger partial charge < -0.3 is 14.5 Å². The Hall–Kier alpha value is -2.91. The number of nitro groups is 1. The van der Waals surface area contributed by atoms with Gasteiger partial charge in [-0.2, -0.15) is 0 Å². The first-order valence-electron chi connectivity index (χ1n) is 8.82. The van der Waals surface area contributed by atoms with E-state index in [-0.39, 0.29) is 11.6 Å². The summed E-state index contributed by atoms with van der Waals surface area (Å²) >= 11 is 11.6. The van der Waals surface area contributed by atoms with Crippen LogP contribution in [0.4, 0.5) is 11.4 Å². The van der Waals surface area contributed by atoms with Crippen molar-refractivity contribution in [3.63, 3.8) is 0 Å². The van der Waals surface area contributed by atoms with Gasteiger partial charge in [0.2, 0.25) is 0 Å². The third-order valence-electron chi connectivity index (χ3n) is 4.62. The van der Waals surface area contributed by atoms with Crippen LogP contribution in [0.3, 0.4) is 0 Å². The van der Waals surface area contributed by atoms with Crippen LogP contribution < -0.4 is 15.0 Å². The molecule has 0 saturated carbocycles. The fraction of sp³-hybridized carbons (Fsp3) is 0.263. The van der Waals surface area contributed by atoms with Crippen LogP contribution in [0.5, 0.6) is 5.75 Å². The molecule has 29 heavy (non-hydrogen) atoms. The van der Waals surface area contributed by atoms with Crippen LogP contribution in [-0.2, 0) is 0 Å². The van der Waals surface area contributed by atoms with Gasteiger partial charge in [-0.15, -0.1) is 0 Å². The molecule has 10 heteroatoms. The number of nitrogens with one attached hydrogen (secondary N) is 1. The molecule has 3 rings (SSSR count). The van der Waals surface area contributed by atoms with Crippen molar-refractivity contribution < 1.29 is 14.5 Å². The third kappa shape index (κ3) is 4.93. The van der Waals surface area contributed by atoms with E-state index in [1.54, 1.807) is 37.4 Å². The van der Waals surface area contributed by atoms with Gasteiger partial charge in [0.25, 0.3) is 11.6 Å². The van der Waals surface area contributed by atoms with Crippen molar-refractivity contribution in [2.24, 2.45) is 0 Å². The van der Waals surface area contributed by atoms with Gasteiger partial charge >= 0.3 is 0 Å². The molecule has 1 fully saturated rings. The Morgan fingerprint density at radius 3 is 2.38 bits per heavy atom. The quantitative estimate of drug-likeness (QED) is 0.449.